The third kappa shape index (κ3) is 3.01. The number of thiophene rings is 1. The Bertz CT molecular complexity index is 751. The number of hydrogen-bond donors (Lipinski definition) is 1. The van der Waals surface area contributed by atoms with Crippen molar-refractivity contribution in [3.05, 3.63) is 52.2 Å². The number of fused-ring (bicyclic) bond motifs is 1. The van der Waals surface area contributed by atoms with Crippen LogP contribution < -0.4 is 5.32 Å². The molecule has 1 N–H and O–H groups in total. The Labute approximate surface area is 127 Å². The smallest absolute Gasteiger partial charge is 0.225 e. The minimum atomic E-state index is -3.21. The predicted octanol–water partition coefficient (Wildman–Crippen LogP) is 2.33. The van der Waals surface area contributed by atoms with Crippen molar-refractivity contribution >= 4 is 27.1 Å². The van der Waals surface area contributed by atoms with Crippen LogP contribution in [0.25, 0.3) is 0 Å². The lowest BCUT2D eigenvalue weighted by atomic mass is 10.0. The highest BCUT2D eigenvalue weighted by Gasteiger charge is 2.30. The highest BCUT2D eigenvalue weighted by Crippen LogP contribution is 2.31. The highest BCUT2D eigenvalue weighted by atomic mass is 32.2. The molecule has 21 heavy (non-hydrogen) atoms. The van der Waals surface area contributed by atoms with E-state index in [1.807, 2.05) is 17.5 Å². The van der Waals surface area contributed by atoms with Gasteiger partial charge in [-0.1, -0.05) is 24.3 Å². The van der Waals surface area contributed by atoms with Crippen molar-refractivity contribution in [3.8, 4) is 0 Å². The molecule has 0 aliphatic carbocycles. The summed E-state index contributed by atoms with van der Waals surface area (Å²) in [7, 11) is -3.21. The van der Waals surface area contributed by atoms with Crippen LogP contribution in [0.2, 0.25) is 0 Å². The summed E-state index contributed by atoms with van der Waals surface area (Å²) in [6, 6.07) is 10.5. The fraction of sp³-hybridized carbons (Fsp3) is 0.267. The second-order valence-electron chi connectivity index (χ2n) is 5.02. The van der Waals surface area contributed by atoms with Crippen LogP contribution >= 0.6 is 11.3 Å². The molecule has 1 aromatic carbocycles. The fourth-order valence-corrected chi connectivity index (χ4v) is 4.88. The van der Waals surface area contributed by atoms with Gasteiger partial charge in [0.1, 0.15) is 0 Å². The Hall–Kier alpha value is -1.66. The Kier molecular flexibility index (Phi) is 3.82. The van der Waals surface area contributed by atoms with Crippen LogP contribution in [-0.4, -0.2) is 20.1 Å². The summed E-state index contributed by atoms with van der Waals surface area (Å²) in [4.78, 5) is 13.4. The standard InChI is InChI=1S/C15H15NO3S2/c17-15(10-11-4-3-8-20-11)16-13-7-9-21(18,19)14-6-2-1-5-12(13)14/h1-6,8,13H,7,9-10H2,(H,16,17). The van der Waals surface area contributed by atoms with E-state index in [1.165, 1.54) is 0 Å². The molecule has 0 radical (unpaired) electrons. The first-order valence-electron chi connectivity index (χ1n) is 6.70. The van der Waals surface area contributed by atoms with Crippen LogP contribution in [-0.2, 0) is 21.1 Å². The van der Waals surface area contributed by atoms with Crippen LogP contribution in [0.4, 0.5) is 0 Å². The number of amides is 1. The first-order chi connectivity index (χ1) is 10.1. The average molecular weight is 321 g/mol. The topological polar surface area (TPSA) is 63.2 Å². The first kappa shape index (κ1) is 14.3. The molecule has 0 saturated carbocycles. The summed E-state index contributed by atoms with van der Waals surface area (Å²) >= 11 is 1.54. The first-order valence-corrected chi connectivity index (χ1v) is 9.23. The van der Waals surface area contributed by atoms with Crippen molar-refractivity contribution in [3.63, 3.8) is 0 Å². The molecule has 3 rings (SSSR count). The lowest BCUT2D eigenvalue weighted by Gasteiger charge is -2.26. The van der Waals surface area contributed by atoms with E-state index in [4.69, 9.17) is 0 Å². The fourth-order valence-electron chi connectivity index (χ4n) is 2.56. The Morgan fingerprint density at radius 2 is 2.05 bits per heavy atom. The third-order valence-corrected chi connectivity index (χ3v) is 6.25. The Morgan fingerprint density at radius 3 is 2.81 bits per heavy atom. The van der Waals surface area contributed by atoms with Gasteiger partial charge in [-0.2, -0.15) is 0 Å². The van der Waals surface area contributed by atoms with E-state index in [0.717, 1.165) is 4.88 Å². The number of benzene rings is 1. The van der Waals surface area contributed by atoms with Crippen molar-refractivity contribution in [2.75, 3.05) is 5.75 Å². The second-order valence-corrected chi connectivity index (χ2v) is 8.13. The quantitative estimate of drug-likeness (QED) is 0.943. The molecule has 1 atom stereocenters. The summed E-state index contributed by atoms with van der Waals surface area (Å²) < 4.78 is 24.1. The van der Waals surface area contributed by atoms with E-state index in [0.29, 0.717) is 23.3 Å². The molecule has 1 amide bonds. The van der Waals surface area contributed by atoms with E-state index in [2.05, 4.69) is 5.32 Å². The molecule has 0 spiro atoms. The molecule has 2 heterocycles. The van der Waals surface area contributed by atoms with Crippen LogP contribution in [0.5, 0.6) is 0 Å². The zero-order chi connectivity index (χ0) is 14.9. The maximum absolute atomic E-state index is 12.1. The van der Waals surface area contributed by atoms with Gasteiger partial charge in [-0.05, 0) is 29.5 Å². The Balaban J connectivity index is 1.79. The van der Waals surface area contributed by atoms with E-state index >= 15 is 0 Å². The molecular formula is C15H15NO3S2. The van der Waals surface area contributed by atoms with Crippen LogP contribution in [0.15, 0.2) is 46.7 Å². The number of nitrogens with one attached hydrogen (secondary N) is 1. The third-order valence-electron chi connectivity index (χ3n) is 3.55. The van der Waals surface area contributed by atoms with Gasteiger partial charge >= 0.3 is 0 Å². The lowest BCUT2D eigenvalue weighted by Crippen LogP contribution is -2.34. The van der Waals surface area contributed by atoms with Crippen molar-refractivity contribution < 1.29 is 13.2 Å². The zero-order valence-electron chi connectivity index (χ0n) is 11.3. The number of hydrogen-bond acceptors (Lipinski definition) is 4. The van der Waals surface area contributed by atoms with Gasteiger partial charge in [-0.25, -0.2) is 8.42 Å². The normalized spacial score (nSPS) is 19.7. The van der Waals surface area contributed by atoms with Gasteiger partial charge in [0, 0.05) is 4.88 Å². The van der Waals surface area contributed by atoms with Gasteiger partial charge in [0.2, 0.25) is 5.91 Å². The van der Waals surface area contributed by atoms with Crippen molar-refractivity contribution in [1.82, 2.24) is 5.32 Å². The molecule has 0 saturated heterocycles. The molecule has 1 aliphatic heterocycles. The summed E-state index contributed by atoms with van der Waals surface area (Å²) in [5, 5.41) is 4.89. The number of carbonyl (C=O) groups is 1. The van der Waals surface area contributed by atoms with E-state index < -0.39 is 9.84 Å². The van der Waals surface area contributed by atoms with E-state index in [-0.39, 0.29) is 17.7 Å². The maximum atomic E-state index is 12.1. The minimum absolute atomic E-state index is 0.0726. The molecular weight excluding hydrogens is 306 g/mol. The van der Waals surface area contributed by atoms with E-state index in [9.17, 15) is 13.2 Å². The van der Waals surface area contributed by atoms with Crippen LogP contribution in [0.1, 0.15) is 22.9 Å². The highest BCUT2D eigenvalue weighted by molar-refractivity contribution is 7.91. The van der Waals surface area contributed by atoms with Crippen molar-refractivity contribution in [2.24, 2.45) is 0 Å². The molecule has 2 aromatic rings. The zero-order valence-corrected chi connectivity index (χ0v) is 12.9. The summed E-state index contributed by atoms with van der Waals surface area (Å²) in [5.41, 5.74) is 0.697. The SMILES string of the molecule is O=C(Cc1cccs1)NC1CCS(=O)(=O)c2ccccc21. The van der Waals surface area contributed by atoms with Gasteiger partial charge in [0.25, 0.3) is 0 Å². The van der Waals surface area contributed by atoms with Gasteiger partial charge in [0.05, 0.1) is 23.1 Å². The predicted molar refractivity (Wildman–Crippen MR) is 82.0 cm³/mol. The Morgan fingerprint density at radius 1 is 1.24 bits per heavy atom. The molecule has 0 bridgehead atoms. The molecule has 0 fully saturated rings. The minimum Gasteiger partial charge on any atom is -0.349 e. The molecule has 4 nitrogen and oxygen atoms in total. The van der Waals surface area contributed by atoms with Gasteiger partial charge in [-0.15, -0.1) is 11.3 Å². The molecule has 1 unspecified atom stereocenters. The van der Waals surface area contributed by atoms with Crippen LogP contribution in [0, 0.1) is 0 Å². The number of sulfone groups is 1. The summed E-state index contributed by atoms with van der Waals surface area (Å²) in [6.45, 7) is 0. The monoisotopic (exact) mass is 321 g/mol. The summed E-state index contributed by atoms with van der Waals surface area (Å²) in [5.74, 6) is 0.00471. The largest absolute Gasteiger partial charge is 0.349 e. The van der Waals surface area contributed by atoms with Gasteiger partial charge in [-0.3, -0.25) is 4.79 Å². The van der Waals surface area contributed by atoms with Crippen molar-refractivity contribution in [1.29, 1.82) is 0 Å². The second kappa shape index (κ2) is 5.61. The number of rotatable bonds is 3. The maximum Gasteiger partial charge on any atom is 0.225 e. The van der Waals surface area contributed by atoms with Gasteiger partial charge in [0.15, 0.2) is 9.84 Å². The molecule has 1 aliphatic rings. The van der Waals surface area contributed by atoms with Crippen molar-refractivity contribution in [2.45, 2.75) is 23.8 Å². The van der Waals surface area contributed by atoms with Crippen LogP contribution in [0.3, 0.4) is 0 Å². The number of carbonyl (C=O) groups excluding carboxylic acids is 1. The molecule has 110 valence electrons. The van der Waals surface area contributed by atoms with Gasteiger partial charge < -0.3 is 5.32 Å². The summed E-state index contributed by atoms with van der Waals surface area (Å²) in [6.07, 6.45) is 0.763. The molecule has 6 heteroatoms. The average Bonchev–Trinajstić information content (AvgIpc) is 2.95. The lowest BCUT2D eigenvalue weighted by molar-refractivity contribution is -0.121. The van der Waals surface area contributed by atoms with E-state index in [1.54, 1.807) is 35.6 Å². The molecule has 1 aromatic heterocycles.